The lowest BCUT2D eigenvalue weighted by Crippen LogP contribution is -2.09. The summed E-state index contributed by atoms with van der Waals surface area (Å²) in [6.45, 7) is 2.57. The standard InChI is InChI=1S/C10H12BrN5/c1-7-2-3-8(6-9(7)11)16-10(4-5-12)13-14-15-16/h2-3,6H,4-5,12H2,1H3. The minimum atomic E-state index is 0.535. The highest BCUT2D eigenvalue weighted by Crippen LogP contribution is 2.19. The van der Waals surface area contributed by atoms with E-state index in [1.807, 2.05) is 25.1 Å². The molecule has 1 heterocycles. The van der Waals surface area contributed by atoms with Crippen LogP contribution in [-0.2, 0) is 6.42 Å². The molecular formula is C10H12BrN5. The van der Waals surface area contributed by atoms with Crippen LogP contribution in [0.1, 0.15) is 11.4 Å². The number of hydrogen-bond acceptors (Lipinski definition) is 4. The first kappa shape index (κ1) is 11.2. The number of rotatable bonds is 3. The van der Waals surface area contributed by atoms with Crippen molar-refractivity contribution in [2.75, 3.05) is 6.54 Å². The lowest BCUT2D eigenvalue weighted by molar-refractivity contribution is 0.754. The summed E-state index contributed by atoms with van der Waals surface area (Å²) in [6.07, 6.45) is 0.665. The quantitative estimate of drug-likeness (QED) is 0.919. The largest absolute Gasteiger partial charge is 0.330 e. The fraction of sp³-hybridized carbons (Fsp3) is 0.300. The molecule has 0 saturated heterocycles. The molecule has 0 atom stereocenters. The molecule has 2 aromatic rings. The van der Waals surface area contributed by atoms with Crippen molar-refractivity contribution in [2.24, 2.45) is 5.73 Å². The van der Waals surface area contributed by atoms with E-state index in [0.29, 0.717) is 13.0 Å². The molecule has 0 fully saturated rings. The van der Waals surface area contributed by atoms with Crippen molar-refractivity contribution in [3.8, 4) is 5.69 Å². The minimum Gasteiger partial charge on any atom is -0.330 e. The van der Waals surface area contributed by atoms with Crippen LogP contribution in [0.15, 0.2) is 22.7 Å². The Morgan fingerprint density at radius 3 is 2.94 bits per heavy atom. The number of tetrazole rings is 1. The van der Waals surface area contributed by atoms with E-state index in [9.17, 15) is 0 Å². The highest BCUT2D eigenvalue weighted by Gasteiger charge is 2.08. The SMILES string of the molecule is Cc1ccc(-n2nnnc2CCN)cc1Br. The van der Waals surface area contributed by atoms with Crippen LogP contribution in [0.3, 0.4) is 0 Å². The first-order valence-electron chi connectivity index (χ1n) is 4.96. The molecule has 2 N–H and O–H groups in total. The van der Waals surface area contributed by atoms with E-state index >= 15 is 0 Å². The molecule has 16 heavy (non-hydrogen) atoms. The first-order chi connectivity index (χ1) is 7.72. The van der Waals surface area contributed by atoms with E-state index in [2.05, 4.69) is 31.5 Å². The molecule has 0 aliphatic heterocycles. The number of aryl methyl sites for hydroxylation is 1. The second-order valence-electron chi connectivity index (χ2n) is 3.48. The summed E-state index contributed by atoms with van der Waals surface area (Å²) in [4.78, 5) is 0. The van der Waals surface area contributed by atoms with Gasteiger partial charge in [-0.15, -0.1) is 5.10 Å². The smallest absolute Gasteiger partial charge is 0.157 e. The van der Waals surface area contributed by atoms with Gasteiger partial charge in [0.25, 0.3) is 0 Å². The number of nitrogens with two attached hydrogens (primary N) is 1. The van der Waals surface area contributed by atoms with E-state index in [1.165, 1.54) is 5.56 Å². The summed E-state index contributed by atoms with van der Waals surface area (Å²) in [6, 6.07) is 6.00. The Balaban J connectivity index is 2.42. The van der Waals surface area contributed by atoms with Gasteiger partial charge in [-0.3, -0.25) is 0 Å². The lowest BCUT2D eigenvalue weighted by Gasteiger charge is -2.05. The van der Waals surface area contributed by atoms with Crippen LogP contribution in [0.25, 0.3) is 5.69 Å². The third-order valence-corrected chi connectivity index (χ3v) is 3.16. The third-order valence-electron chi connectivity index (χ3n) is 2.30. The van der Waals surface area contributed by atoms with E-state index in [0.717, 1.165) is 16.0 Å². The van der Waals surface area contributed by atoms with E-state index in [-0.39, 0.29) is 0 Å². The summed E-state index contributed by atoms with van der Waals surface area (Å²) in [5.41, 5.74) is 7.62. The van der Waals surface area contributed by atoms with Crippen LogP contribution in [0.5, 0.6) is 0 Å². The van der Waals surface area contributed by atoms with Gasteiger partial charge in [0, 0.05) is 10.9 Å². The Kier molecular flexibility index (Phi) is 3.31. The molecule has 1 aromatic heterocycles. The van der Waals surface area contributed by atoms with Gasteiger partial charge in [-0.2, -0.15) is 4.68 Å². The maximum atomic E-state index is 5.50. The van der Waals surface area contributed by atoms with Crippen LogP contribution in [0.4, 0.5) is 0 Å². The molecule has 6 heteroatoms. The molecular weight excluding hydrogens is 270 g/mol. The van der Waals surface area contributed by atoms with Gasteiger partial charge in [-0.25, -0.2) is 0 Å². The van der Waals surface area contributed by atoms with Crippen molar-refractivity contribution in [3.05, 3.63) is 34.1 Å². The molecule has 0 spiro atoms. The summed E-state index contributed by atoms with van der Waals surface area (Å²) in [5, 5.41) is 11.6. The van der Waals surface area contributed by atoms with Gasteiger partial charge < -0.3 is 5.73 Å². The zero-order valence-electron chi connectivity index (χ0n) is 8.89. The van der Waals surface area contributed by atoms with Gasteiger partial charge in [0.1, 0.15) is 0 Å². The van der Waals surface area contributed by atoms with Crippen molar-refractivity contribution >= 4 is 15.9 Å². The zero-order valence-corrected chi connectivity index (χ0v) is 10.5. The first-order valence-corrected chi connectivity index (χ1v) is 5.75. The van der Waals surface area contributed by atoms with E-state index in [1.54, 1.807) is 4.68 Å². The van der Waals surface area contributed by atoms with Gasteiger partial charge in [0.05, 0.1) is 5.69 Å². The number of halogens is 1. The van der Waals surface area contributed by atoms with Gasteiger partial charge in [0.2, 0.25) is 0 Å². The van der Waals surface area contributed by atoms with E-state index in [4.69, 9.17) is 5.73 Å². The fourth-order valence-electron chi connectivity index (χ4n) is 1.40. The predicted octanol–water partition coefficient (Wildman–Crippen LogP) is 1.23. The van der Waals surface area contributed by atoms with Gasteiger partial charge in [-0.1, -0.05) is 22.0 Å². The highest BCUT2D eigenvalue weighted by molar-refractivity contribution is 9.10. The molecule has 0 aliphatic carbocycles. The number of benzene rings is 1. The molecule has 0 radical (unpaired) electrons. The third kappa shape index (κ3) is 2.12. The summed E-state index contributed by atoms with van der Waals surface area (Å²) in [7, 11) is 0. The van der Waals surface area contributed by atoms with Crippen LogP contribution in [0.2, 0.25) is 0 Å². The lowest BCUT2D eigenvalue weighted by atomic mass is 10.2. The average Bonchev–Trinajstić information content (AvgIpc) is 2.71. The minimum absolute atomic E-state index is 0.535. The van der Waals surface area contributed by atoms with Crippen LogP contribution < -0.4 is 5.73 Å². The molecule has 1 aromatic carbocycles. The Hall–Kier alpha value is -1.27. The Bertz CT molecular complexity index is 494. The van der Waals surface area contributed by atoms with Gasteiger partial charge >= 0.3 is 0 Å². The summed E-state index contributed by atoms with van der Waals surface area (Å²) in [5.74, 6) is 0.776. The van der Waals surface area contributed by atoms with E-state index < -0.39 is 0 Å². The topological polar surface area (TPSA) is 69.6 Å². The highest BCUT2D eigenvalue weighted by atomic mass is 79.9. The molecule has 0 amide bonds. The maximum Gasteiger partial charge on any atom is 0.157 e. The summed E-state index contributed by atoms with van der Waals surface area (Å²) >= 11 is 3.49. The van der Waals surface area contributed by atoms with Crippen LogP contribution in [-0.4, -0.2) is 26.8 Å². The molecule has 0 aliphatic rings. The molecule has 2 rings (SSSR count). The van der Waals surface area contributed by atoms with Crippen LogP contribution >= 0.6 is 15.9 Å². The zero-order chi connectivity index (χ0) is 11.5. The van der Waals surface area contributed by atoms with Crippen molar-refractivity contribution in [1.29, 1.82) is 0 Å². The monoisotopic (exact) mass is 281 g/mol. The number of aromatic nitrogens is 4. The number of nitrogens with zero attached hydrogens (tertiary/aromatic N) is 4. The fourth-order valence-corrected chi connectivity index (χ4v) is 1.77. The van der Waals surface area contributed by atoms with Crippen molar-refractivity contribution < 1.29 is 0 Å². The molecule has 0 saturated carbocycles. The van der Waals surface area contributed by atoms with Crippen molar-refractivity contribution in [3.63, 3.8) is 0 Å². The molecule has 84 valence electrons. The Morgan fingerprint density at radius 2 is 2.25 bits per heavy atom. The molecule has 5 nitrogen and oxygen atoms in total. The summed E-state index contributed by atoms with van der Waals surface area (Å²) < 4.78 is 2.75. The van der Waals surface area contributed by atoms with Crippen LogP contribution in [0, 0.1) is 6.92 Å². The normalized spacial score (nSPS) is 10.7. The van der Waals surface area contributed by atoms with Crippen molar-refractivity contribution in [1.82, 2.24) is 20.2 Å². The number of hydrogen-bond donors (Lipinski definition) is 1. The second kappa shape index (κ2) is 4.71. The molecule has 0 bridgehead atoms. The maximum absolute atomic E-state index is 5.50. The second-order valence-corrected chi connectivity index (χ2v) is 4.33. The average molecular weight is 282 g/mol. The van der Waals surface area contributed by atoms with Crippen molar-refractivity contribution in [2.45, 2.75) is 13.3 Å². The molecule has 0 unspecified atom stereocenters. The predicted molar refractivity (Wildman–Crippen MR) is 64.3 cm³/mol. The van der Waals surface area contributed by atoms with Gasteiger partial charge in [-0.05, 0) is 41.6 Å². The van der Waals surface area contributed by atoms with Gasteiger partial charge in [0.15, 0.2) is 5.82 Å². The Morgan fingerprint density at radius 1 is 1.44 bits per heavy atom. The Labute approximate surface area is 102 Å².